The van der Waals surface area contributed by atoms with Crippen molar-refractivity contribution in [1.29, 1.82) is 5.41 Å². The van der Waals surface area contributed by atoms with Gasteiger partial charge in [-0.05, 0) is 26.0 Å². The number of aromatic nitrogens is 2. The first-order valence-corrected chi connectivity index (χ1v) is 4.40. The highest BCUT2D eigenvalue weighted by Gasteiger charge is 2.09. The summed E-state index contributed by atoms with van der Waals surface area (Å²) in [6.45, 7) is 3.86. The molecule has 0 aliphatic rings. The molecule has 3 N–H and O–H groups in total. The van der Waals surface area contributed by atoms with Gasteiger partial charge in [0.2, 0.25) is 0 Å². The van der Waals surface area contributed by atoms with Gasteiger partial charge in [-0.3, -0.25) is 5.41 Å². The number of nitrogens with two attached hydrogens (primary N) is 1. The van der Waals surface area contributed by atoms with Crippen LogP contribution in [0.25, 0.3) is 5.52 Å². The predicted molar refractivity (Wildman–Crippen MR) is 55.7 cm³/mol. The normalized spacial score (nSPS) is 10.7. The van der Waals surface area contributed by atoms with Gasteiger partial charge >= 0.3 is 0 Å². The van der Waals surface area contributed by atoms with Gasteiger partial charge in [-0.1, -0.05) is 0 Å². The molecule has 2 rings (SSSR count). The molecule has 0 saturated carbocycles. The Morgan fingerprint density at radius 3 is 2.86 bits per heavy atom. The van der Waals surface area contributed by atoms with Gasteiger partial charge in [-0.2, -0.15) is 0 Å². The largest absolute Gasteiger partial charge is 0.384 e. The zero-order valence-corrected chi connectivity index (χ0v) is 8.20. The number of hydrogen-bond acceptors (Lipinski definition) is 2. The van der Waals surface area contributed by atoms with Crippen molar-refractivity contribution in [3.8, 4) is 0 Å². The number of nitrogens with zero attached hydrogens (tertiary/aromatic N) is 2. The molecule has 72 valence electrons. The molecule has 2 heterocycles. The van der Waals surface area contributed by atoms with Gasteiger partial charge in [-0.25, -0.2) is 4.98 Å². The van der Waals surface area contributed by atoms with Crippen LogP contribution in [0.4, 0.5) is 0 Å². The third-order valence-corrected chi connectivity index (χ3v) is 2.31. The number of aryl methyl sites for hydroxylation is 2. The van der Waals surface area contributed by atoms with Crippen molar-refractivity contribution >= 4 is 11.4 Å². The summed E-state index contributed by atoms with van der Waals surface area (Å²) in [6.07, 6.45) is 1.93. The molecule has 4 nitrogen and oxygen atoms in total. The molecule has 0 aliphatic heterocycles. The predicted octanol–water partition coefficient (Wildman–Crippen LogP) is 1.24. The van der Waals surface area contributed by atoms with Crippen LogP contribution in [0.5, 0.6) is 0 Å². The van der Waals surface area contributed by atoms with Crippen LogP contribution >= 0.6 is 0 Å². The van der Waals surface area contributed by atoms with Crippen molar-refractivity contribution < 1.29 is 0 Å². The molecule has 0 aromatic carbocycles. The Morgan fingerprint density at radius 1 is 1.50 bits per heavy atom. The number of nitrogen functional groups attached to an aromatic ring is 1. The van der Waals surface area contributed by atoms with Crippen molar-refractivity contribution in [2.75, 3.05) is 0 Å². The van der Waals surface area contributed by atoms with E-state index in [0.717, 1.165) is 22.6 Å². The molecule has 2 aromatic heterocycles. The van der Waals surface area contributed by atoms with E-state index in [4.69, 9.17) is 11.1 Å². The molecule has 0 fully saturated rings. The molecule has 0 saturated heterocycles. The summed E-state index contributed by atoms with van der Waals surface area (Å²) < 4.78 is 1.95. The molecular weight excluding hydrogens is 176 g/mol. The van der Waals surface area contributed by atoms with Gasteiger partial charge in [0.05, 0.1) is 11.2 Å². The second kappa shape index (κ2) is 2.83. The van der Waals surface area contributed by atoms with Crippen LogP contribution in [0.1, 0.15) is 17.1 Å². The van der Waals surface area contributed by atoms with E-state index in [2.05, 4.69) is 4.98 Å². The van der Waals surface area contributed by atoms with E-state index in [1.165, 1.54) is 0 Å². The Morgan fingerprint density at radius 2 is 2.21 bits per heavy atom. The van der Waals surface area contributed by atoms with E-state index in [-0.39, 0.29) is 5.84 Å². The van der Waals surface area contributed by atoms with E-state index in [1.54, 1.807) is 0 Å². The Balaban J connectivity index is 2.92. The fourth-order valence-electron chi connectivity index (χ4n) is 1.71. The quantitative estimate of drug-likeness (QED) is 0.522. The molecule has 0 amide bonds. The lowest BCUT2D eigenvalue weighted by atomic mass is 10.2. The number of nitrogens with one attached hydrogen (secondary N) is 1. The third kappa shape index (κ3) is 1.08. The molecule has 0 bridgehead atoms. The van der Waals surface area contributed by atoms with E-state index in [0.29, 0.717) is 0 Å². The monoisotopic (exact) mass is 188 g/mol. The summed E-state index contributed by atoms with van der Waals surface area (Å²) in [5.74, 6) is 0.999. The Labute approximate surface area is 81.9 Å². The first-order valence-electron chi connectivity index (χ1n) is 4.40. The first-order chi connectivity index (χ1) is 6.61. The molecule has 14 heavy (non-hydrogen) atoms. The number of pyridine rings is 1. The van der Waals surface area contributed by atoms with Gasteiger partial charge < -0.3 is 10.1 Å². The summed E-state index contributed by atoms with van der Waals surface area (Å²) in [6, 6.07) is 3.71. The highest BCUT2D eigenvalue weighted by Crippen LogP contribution is 2.16. The lowest BCUT2D eigenvalue weighted by Gasteiger charge is -2.02. The van der Waals surface area contributed by atoms with Gasteiger partial charge in [0.1, 0.15) is 11.7 Å². The topological polar surface area (TPSA) is 67.2 Å². The minimum absolute atomic E-state index is 0.0820. The fourth-order valence-corrected chi connectivity index (χ4v) is 1.71. The Bertz CT molecular complexity index is 510. The Kier molecular flexibility index (Phi) is 1.77. The van der Waals surface area contributed by atoms with Crippen LogP contribution in [0.3, 0.4) is 0 Å². The van der Waals surface area contributed by atoms with E-state index in [1.807, 2.05) is 36.6 Å². The third-order valence-electron chi connectivity index (χ3n) is 2.31. The minimum Gasteiger partial charge on any atom is -0.384 e. The lowest BCUT2D eigenvalue weighted by Crippen LogP contribution is -2.12. The molecule has 0 unspecified atom stereocenters. The zero-order valence-electron chi connectivity index (χ0n) is 8.20. The smallest absolute Gasteiger partial charge is 0.124 e. The number of amidine groups is 1. The maximum atomic E-state index is 7.46. The van der Waals surface area contributed by atoms with Crippen molar-refractivity contribution in [3.05, 3.63) is 35.4 Å². The molecular formula is C10H12N4. The average molecular weight is 188 g/mol. The zero-order chi connectivity index (χ0) is 10.3. The van der Waals surface area contributed by atoms with Crippen molar-refractivity contribution in [2.24, 2.45) is 5.73 Å². The van der Waals surface area contributed by atoms with Gasteiger partial charge in [-0.15, -0.1) is 0 Å². The summed E-state index contributed by atoms with van der Waals surface area (Å²) in [7, 11) is 0. The second-order valence-corrected chi connectivity index (χ2v) is 3.30. The molecule has 2 aromatic rings. The van der Waals surface area contributed by atoms with Crippen LogP contribution < -0.4 is 5.73 Å². The van der Waals surface area contributed by atoms with Crippen molar-refractivity contribution in [3.63, 3.8) is 0 Å². The van der Waals surface area contributed by atoms with Crippen LogP contribution in [-0.4, -0.2) is 15.2 Å². The van der Waals surface area contributed by atoms with E-state index >= 15 is 0 Å². The van der Waals surface area contributed by atoms with Crippen molar-refractivity contribution in [1.82, 2.24) is 9.38 Å². The minimum atomic E-state index is 0.0820. The van der Waals surface area contributed by atoms with E-state index in [9.17, 15) is 0 Å². The maximum Gasteiger partial charge on any atom is 0.124 e. The van der Waals surface area contributed by atoms with Gasteiger partial charge in [0.15, 0.2) is 0 Å². The summed E-state index contributed by atoms with van der Waals surface area (Å²) >= 11 is 0. The molecule has 0 atom stereocenters. The number of imidazole rings is 1. The summed E-state index contributed by atoms with van der Waals surface area (Å²) in [4.78, 5) is 4.34. The number of hydrogen-bond donors (Lipinski definition) is 2. The second-order valence-electron chi connectivity index (χ2n) is 3.30. The maximum absolute atomic E-state index is 7.46. The Hall–Kier alpha value is -1.84. The lowest BCUT2D eigenvalue weighted by molar-refractivity contribution is 1.04. The van der Waals surface area contributed by atoms with Crippen LogP contribution in [-0.2, 0) is 0 Å². The molecule has 4 heteroatoms. The standard InChI is InChI=1S/C10H12N4/c1-6-9-8(10(11)12)4-3-5-14(9)7(2)13-6/h3-5H,1-2H3,(H3,11,12). The highest BCUT2D eigenvalue weighted by atomic mass is 15.0. The van der Waals surface area contributed by atoms with Crippen LogP contribution in [0.15, 0.2) is 18.3 Å². The van der Waals surface area contributed by atoms with Gasteiger partial charge in [0.25, 0.3) is 0 Å². The highest BCUT2D eigenvalue weighted by molar-refractivity contribution is 6.01. The van der Waals surface area contributed by atoms with Gasteiger partial charge in [0, 0.05) is 11.8 Å². The summed E-state index contributed by atoms with van der Waals surface area (Å²) in [5, 5.41) is 7.46. The summed E-state index contributed by atoms with van der Waals surface area (Å²) in [5.41, 5.74) is 8.08. The SMILES string of the molecule is Cc1nc(C)n2cccc(C(=N)N)c12. The van der Waals surface area contributed by atoms with E-state index < -0.39 is 0 Å². The van der Waals surface area contributed by atoms with Crippen LogP contribution in [0.2, 0.25) is 0 Å². The molecule has 0 spiro atoms. The molecule has 0 aliphatic carbocycles. The fraction of sp³-hybridized carbons (Fsp3) is 0.200. The number of rotatable bonds is 1. The number of fused-ring (bicyclic) bond motifs is 1. The first kappa shape index (κ1) is 8.74. The molecule has 0 radical (unpaired) electrons. The van der Waals surface area contributed by atoms with Crippen LogP contribution in [0, 0.1) is 19.3 Å². The average Bonchev–Trinajstić information content (AvgIpc) is 2.43. The van der Waals surface area contributed by atoms with Crippen molar-refractivity contribution in [2.45, 2.75) is 13.8 Å².